The van der Waals surface area contributed by atoms with Crippen molar-refractivity contribution in [1.82, 2.24) is 10.2 Å². The zero-order valence-electron chi connectivity index (χ0n) is 14.8. The lowest BCUT2D eigenvalue weighted by Crippen LogP contribution is -2.46. The number of hydrogen-bond donors (Lipinski definition) is 1. The van der Waals surface area contributed by atoms with Gasteiger partial charge in [0.1, 0.15) is 0 Å². The van der Waals surface area contributed by atoms with Crippen LogP contribution >= 0.6 is 11.6 Å². The second-order valence-electron chi connectivity index (χ2n) is 6.59. The summed E-state index contributed by atoms with van der Waals surface area (Å²) in [6.07, 6.45) is -3.32. The summed E-state index contributed by atoms with van der Waals surface area (Å²) >= 11 is 6.07. The third kappa shape index (κ3) is 4.65. The van der Waals surface area contributed by atoms with Crippen LogP contribution in [0.15, 0.2) is 48.5 Å². The highest BCUT2D eigenvalue weighted by Gasteiger charge is 2.30. The molecule has 0 aliphatic carbocycles. The highest BCUT2D eigenvalue weighted by Crippen LogP contribution is 2.29. The van der Waals surface area contributed by atoms with Gasteiger partial charge in [-0.3, -0.25) is 9.59 Å². The van der Waals surface area contributed by atoms with Gasteiger partial charge >= 0.3 is 6.18 Å². The van der Waals surface area contributed by atoms with E-state index in [1.165, 1.54) is 0 Å². The van der Waals surface area contributed by atoms with E-state index in [9.17, 15) is 22.8 Å². The van der Waals surface area contributed by atoms with Crippen LogP contribution in [0.2, 0.25) is 5.02 Å². The molecule has 4 nitrogen and oxygen atoms in total. The minimum absolute atomic E-state index is 0.148. The molecule has 0 unspecified atom stereocenters. The van der Waals surface area contributed by atoms with Gasteiger partial charge in [0.15, 0.2) is 0 Å². The highest BCUT2D eigenvalue weighted by molar-refractivity contribution is 6.33. The molecule has 1 aliphatic heterocycles. The Bertz CT molecular complexity index is 860. The highest BCUT2D eigenvalue weighted by atomic mass is 35.5. The van der Waals surface area contributed by atoms with Crippen LogP contribution in [-0.2, 0) is 6.18 Å². The number of nitrogens with zero attached hydrogens (tertiary/aromatic N) is 1. The predicted octanol–water partition coefficient (Wildman–Crippen LogP) is 4.39. The summed E-state index contributed by atoms with van der Waals surface area (Å²) in [5.41, 5.74) is -0.186. The predicted molar refractivity (Wildman–Crippen MR) is 99.3 cm³/mol. The van der Waals surface area contributed by atoms with Gasteiger partial charge in [-0.1, -0.05) is 23.7 Å². The topological polar surface area (TPSA) is 49.4 Å². The Morgan fingerprint density at radius 2 is 1.61 bits per heavy atom. The zero-order valence-corrected chi connectivity index (χ0v) is 15.6. The lowest BCUT2D eigenvalue weighted by molar-refractivity contribution is -0.137. The van der Waals surface area contributed by atoms with Gasteiger partial charge < -0.3 is 10.2 Å². The van der Waals surface area contributed by atoms with Crippen LogP contribution in [0.4, 0.5) is 13.2 Å². The normalized spacial score (nSPS) is 15.4. The van der Waals surface area contributed by atoms with Crippen LogP contribution in [0.25, 0.3) is 0 Å². The number of likely N-dealkylation sites (tertiary alicyclic amines) is 1. The lowest BCUT2D eigenvalue weighted by Gasteiger charge is -2.32. The van der Waals surface area contributed by atoms with Crippen molar-refractivity contribution in [2.75, 3.05) is 13.1 Å². The van der Waals surface area contributed by atoms with E-state index in [1.807, 2.05) is 0 Å². The van der Waals surface area contributed by atoms with Crippen molar-refractivity contribution in [3.05, 3.63) is 70.2 Å². The summed E-state index contributed by atoms with van der Waals surface area (Å²) in [7, 11) is 0. The lowest BCUT2D eigenvalue weighted by atomic mass is 10.0. The molecule has 1 fully saturated rings. The van der Waals surface area contributed by atoms with Crippen LogP contribution in [0.1, 0.15) is 39.1 Å². The number of piperidine rings is 1. The summed E-state index contributed by atoms with van der Waals surface area (Å²) in [5.74, 6) is -0.581. The fourth-order valence-corrected chi connectivity index (χ4v) is 3.33. The average molecular weight is 411 g/mol. The van der Waals surface area contributed by atoms with E-state index in [-0.39, 0.29) is 17.5 Å². The Labute approximate surface area is 165 Å². The van der Waals surface area contributed by atoms with Crippen molar-refractivity contribution in [3.8, 4) is 0 Å². The summed E-state index contributed by atoms with van der Waals surface area (Å²) in [6, 6.07) is 10.8. The van der Waals surface area contributed by atoms with Crippen molar-refractivity contribution < 1.29 is 22.8 Å². The summed E-state index contributed by atoms with van der Waals surface area (Å²) in [5, 5.41) is 3.21. The van der Waals surface area contributed by atoms with Crippen molar-refractivity contribution in [1.29, 1.82) is 0 Å². The molecule has 0 saturated carbocycles. The van der Waals surface area contributed by atoms with Crippen LogP contribution in [0, 0.1) is 0 Å². The first-order valence-corrected chi connectivity index (χ1v) is 9.15. The van der Waals surface area contributed by atoms with Gasteiger partial charge in [0.05, 0.1) is 16.1 Å². The second kappa shape index (κ2) is 8.22. The van der Waals surface area contributed by atoms with E-state index in [0.29, 0.717) is 36.5 Å². The molecule has 28 heavy (non-hydrogen) atoms. The smallest absolute Gasteiger partial charge is 0.349 e. The van der Waals surface area contributed by atoms with Crippen molar-refractivity contribution >= 4 is 23.4 Å². The molecule has 3 rings (SSSR count). The Kier molecular flexibility index (Phi) is 5.93. The SMILES string of the molecule is O=C(NC1CCN(C(=O)c2ccccc2Cl)CC1)c1ccc(C(F)(F)F)cc1. The molecule has 0 radical (unpaired) electrons. The van der Waals surface area contributed by atoms with Crippen LogP contribution in [0.3, 0.4) is 0 Å². The van der Waals surface area contributed by atoms with Crippen molar-refractivity contribution in [2.24, 2.45) is 0 Å². The Balaban J connectivity index is 1.55. The standard InChI is InChI=1S/C20H18ClF3N2O2/c21-17-4-2-1-3-16(17)19(28)26-11-9-15(10-12-26)25-18(27)13-5-7-14(8-6-13)20(22,23)24/h1-8,15H,9-12H2,(H,25,27). The number of alkyl halides is 3. The number of benzene rings is 2. The molecule has 0 bridgehead atoms. The molecule has 1 saturated heterocycles. The minimum atomic E-state index is -4.43. The van der Waals surface area contributed by atoms with Crippen LogP contribution < -0.4 is 5.32 Å². The monoisotopic (exact) mass is 410 g/mol. The fourth-order valence-electron chi connectivity index (χ4n) is 3.11. The van der Waals surface area contributed by atoms with E-state index in [1.54, 1.807) is 29.2 Å². The maximum Gasteiger partial charge on any atom is 0.416 e. The van der Waals surface area contributed by atoms with E-state index < -0.39 is 17.6 Å². The van der Waals surface area contributed by atoms with E-state index in [0.717, 1.165) is 24.3 Å². The maximum absolute atomic E-state index is 12.6. The molecular weight excluding hydrogens is 393 g/mol. The molecule has 0 atom stereocenters. The average Bonchev–Trinajstić information content (AvgIpc) is 2.68. The van der Waals surface area contributed by atoms with Gasteiger partial charge in [0, 0.05) is 24.7 Å². The number of carbonyl (C=O) groups excluding carboxylic acids is 2. The van der Waals surface area contributed by atoms with Gasteiger partial charge in [-0.2, -0.15) is 13.2 Å². The van der Waals surface area contributed by atoms with Crippen molar-refractivity contribution in [2.45, 2.75) is 25.1 Å². The zero-order chi connectivity index (χ0) is 20.3. The molecule has 148 valence electrons. The molecule has 0 aromatic heterocycles. The van der Waals surface area contributed by atoms with Gasteiger partial charge in [-0.25, -0.2) is 0 Å². The summed E-state index contributed by atoms with van der Waals surface area (Å²) in [6.45, 7) is 0.921. The second-order valence-corrected chi connectivity index (χ2v) is 7.00. The van der Waals surface area contributed by atoms with Gasteiger partial charge in [0.25, 0.3) is 11.8 Å². The fraction of sp³-hybridized carbons (Fsp3) is 0.300. The van der Waals surface area contributed by atoms with E-state index in [4.69, 9.17) is 11.6 Å². The number of halogens is 4. The molecule has 8 heteroatoms. The van der Waals surface area contributed by atoms with E-state index in [2.05, 4.69) is 5.32 Å². The first kappa shape index (κ1) is 20.2. The van der Waals surface area contributed by atoms with Crippen LogP contribution in [-0.4, -0.2) is 35.8 Å². The first-order chi connectivity index (χ1) is 13.3. The molecule has 1 heterocycles. The Morgan fingerprint density at radius 3 is 2.18 bits per heavy atom. The quantitative estimate of drug-likeness (QED) is 0.815. The molecule has 0 spiro atoms. The Hall–Kier alpha value is -2.54. The molecule has 1 N–H and O–H groups in total. The molecule has 1 aliphatic rings. The summed E-state index contributed by atoms with van der Waals surface area (Å²) in [4.78, 5) is 26.5. The van der Waals surface area contributed by atoms with Crippen LogP contribution in [0.5, 0.6) is 0 Å². The Morgan fingerprint density at radius 1 is 1.00 bits per heavy atom. The maximum atomic E-state index is 12.6. The number of carbonyl (C=O) groups is 2. The van der Waals surface area contributed by atoms with E-state index >= 15 is 0 Å². The molecule has 2 amide bonds. The third-order valence-electron chi connectivity index (χ3n) is 4.70. The van der Waals surface area contributed by atoms with Crippen molar-refractivity contribution in [3.63, 3.8) is 0 Å². The minimum Gasteiger partial charge on any atom is -0.349 e. The van der Waals surface area contributed by atoms with Gasteiger partial charge in [-0.15, -0.1) is 0 Å². The first-order valence-electron chi connectivity index (χ1n) is 8.77. The van der Waals surface area contributed by atoms with Gasteiger partial charge in [-0.05, 0) is 49.2 Å². The molecular formula is C20H18ClF3N2O2. The number of nitrogens with one attached hydrogen (secondary N) is 1. The number of hydrogen-bond acceptors (Lipinski definition) is 2. The molecule has 2 aromatic rings. The number of rotatable bonds is 3. The largest absolute Gasteiger partial charge is 0.416 e. The third-order valence-corrected chi connectivity index (χ3v) is 5.03. The van der Waals surface area contributed by atoms with Gasteiger partial charge in [0.2, 0.25) is 0 Å². The molecule has 2 aromatic carbocycles. The summed E-state index contributed by atoms with van der Waals surface area (Å²) < 4.78 is 37.8. The number of amides is 2.